The maximum absolute atomic E-state index is 5.61. The van der Waals surface area contributed by atoms with Gasteiger partial charge in [-0.2, -0.15) is 16.7 Å². The Labute approximate surface area is 103 Å². The second-order valence-corrected chi connectivity index (χ2v) is 5.06. The number of nitrogens with two attached hydrogens (primary N) is 1. The highest BCUT2D eigenvalue weighted by Gasteiger charge is 2.05. The Bertz CT molecular complexity index is 301. The molecular formula is C9H15BrN4S. The van der Waals surface area contributed by atoms with Crippen molar-refractivity contribution in [1.29, 1.82) is 0 Å². The number of nitrogen functional groups attached to an aromatic ring is 1. The number of hydrogen-bond donors (Lipinski definition) is 2. The largest absolute Gasteiger partial charge is 0.383 e. The Morgan fingerprint density at radius 1 is 1.60 bits per heavy atom. The van der Waals surface area contributed by atoms with Gasteiger partial charge in [-0.05, 0) is 41.3 Å². The van der Waals surface area contributed by atoms with Crippen molar-refractivity contribution >= 4 is 39.5 Å². The first-order valence-corrected chi connectivity index (χ1v) is 6.86. The van der Waals surface area contributed by atoms with Crippen LogP contribution in [0, 0.1) is 0 Å². The van der Waals surface area contributed by atoms with Crippen LogP contribution in [0.5, 0.6) is 0 Å². The van der Waals surface area contributed by atoms with E-state index in [2.05, 4.69) is 44.4 Å². The van der Waals surface area contributed by atoms with Gasteiger partial charge in [0.2, 0.25) is 5.95 Å². The third-order valence-electron chi connectivity index (χ3n) is 1.85. The lowest BCUT2D eigenvalue weighted by Crippen LogP contribution is -2.18. The standard InChI is InChI=1S/C9H15BrN4S/c1-6(3-4-15-2)12-9-13-7(10)5-8(11)14-9/h5-6H,3-4H2,1-2H3,(H3,11,12,13,14). The summed E-state index contributed by atoms with van der Waals surface area (Å²) in [6, 6.07) is 2.03. The van der Waals surface area contributed by atoms with Gasteiger partial charge in [0.05, 0.1) is 0 Å². The quantitative estimate of drug-likeness (QED) is 0.815. The predicted octanol–water partition coefficient (Wildman–Crippen LogP) is 2.37. The summed E-state index contributed by atoms with van der Waals surface area (Å²) >= 11 is 5.11. The average molecular weight is 291 g/mol. The zero-order valence-corrected chi connectivity index (χ0v) is 11.2. The van der Waals surface area contributed by atoms with Gasteiger partial charge in [0.1, 0.15) is 10.4 Å². The maximum atomic E-state index is 5.61. The number of aromatic nitrogens is 2. The van der Waals surface area contributed by atoms with Gasteiger partial charge < -0.3 is 11.1 Å². The molecule has 0 radical (unpaired) electrons. The molecule has 4 nitrogen and oxygen atoms in total. The van der Waals surface area contributed by atoms with E-state index in [1.165, 1.54) is 0 Å². The van der Waals surface area contributed by atoms with E-state index in [1.54, 1.807) is 6.07 Å². The maximum Gasteiger partial charge on any atom is 0.225 e. The van der Waals surface area contributed by atoms with E-state index >= 15 is 0 Å². The molecule has 1 aromatic rings. The molecule has 15 heavy (non-hydrogen) atoms. The first-order valence-electron chi connectivity index (χ1n) is 4.67. The average Bonchev–Trinajstić information content (AvgIpc) is 2.13. The predicted molar refractivity (Wildman–Crippen MR) is 70.2 cm³/mol. The first-order chi connectivity index (χ1) is 7.11. The van der Waals surface area contributed by atoms with E-state index < -0.39 is 0 Å². The molecule has 1 atom stereocenters. The smallest absolute Gasteiger partial charge is 0.225 e. The molecule has 0 saturated carbocycles. The zero-order valence-electron chi connectivity index (χ0n) is 8.83. The van der Waals surface area contributed by atoms with Crippen LogP contribution in [0.2, 0.25) is 0 Å². The van der Waals surface area contributed by atoms with Crippen LogP contribution in [0.4, 0.5) is 11.8 Å². The Morgan fingerprint density at radius 3 is 2.93 bits per heavy atom. The summed E-state index contributed by atoms with van der Waals surface area (Å²) in [5, 5.41) is 3.21. The zero-order chi connectivity index (χ0) is 11.3. The second kappa shape index (κ2) is 6.17. The van der Waals surface area contributed by atoms with Gasteiger partial charge in [-0.25, -0.2) is 4.98 Å². The van der Waals surface area contributed by atoms with E-state index in [0.717, 1.165) is 12.2 Å². The molecule has 0 amide bonds. The minimum Gasteiger partial charge on any atom is -0.383 e. The summed E-state index contributed by atoms with van der Waals surface area (Å²) in [6.07, 6.45) is 3.18. The van der Waals surface area contributed by atoms with E-state index in [9.17, 15) is 0 Å². The Morgan fingerprint density at radius 2 is 2.33 bits per heavy atom. The molecule has 0 aliphatic carbocycles. The fourth-order valence-electron chi connectivity index (χ4n) is 1.09. The van der Waals surface area contributed by atoms with Crippen LogP contribution < -0.4 is 11.1 Å². The highest BCUT2D eigenvalue weighted by atomic mass is 79.9. The van der Waals surface area contributed by atoms with Crippen molar-refractivity contribution in [1.82, 2.24) is 9.97 Å². The molecule has 0 aromatic carbocycles. The minimum absolute atomic E-state index is 0.353. The number of nitrogens with zero attached hydrogens (tertiary/aromatic N) is 2. The van der Waals surface area contributed by atoms with E-state index in [4.69, 9.17) is 5.73 Å². The summed E-state index contributed by atoms with van der Waals surface area (Å²) < 4.78 is 0.703. The molecule has 3 N–H and O–H groups in total. The van der Waals surface area contributed by atoms with Crippen LogP contribution in [0.25, 0.3) is 0 Å². The van der Waals surface area contributed by atoms with Crippen LogP contribution in [0.3, 0.4) is 0 Å². The molecule has 84 valence electrons. The van der Waals surface area contributed by atoms with Crippen LogP contribution >= 0.6 is 27.7 Å². The summed E-state index contributed by atoms with van der Waals surface area (Å²) in [4.78, 5) is 8.29. The molecule has 0 aliphatic heterocycles. The highest BCUT2D eigenvalue weighted by Crippen LogP contribution is 2.13. The summed E-state index contributed by atoms with van der Waals surface area (Å²) in [7, 11) is 0. The number of hydrogen-bond acceptors (Lipinski definition) is 5. The fourth-order valence-corrected chi connectivity index (χ4v) is 2.08. The lowest BCUT2D eigenvalue weighted by Gasteiger charge is -2.13. The lowest BCUT2D eigenvalue weighted by molar-refractivity contribution is 0.760. The number of anilines is 2. The number of halogens is 1. The molecule has 1 aromatic heterocycles. The Balaban J connectivity index is 2.56. The number of thioether (sulfide) groups is 1. The highest BCUT2D eigenvalue weighted by molar-refractivity contribution is 9.10. The molecule has 1 rings (SSSR count). The molecule has 0 spiro atoms. The van der Waals surface area contributed by atoms with E-state index in [1.807, 2.05) is 11.8 Å². The summed E-state index contributed by atoms with van der Waals surface area (Å²) in [6.45, 7) is 2.11. The first kappa shape index (κ1) is 12.6. The summed E-state index contributed by atoms with van der Waals surface area (Å²) in [5.41, 5.74) is 5.61. The molecular weight excluding hydrogens is 276 g/mol. The molecule has 0 saturated heterocycles. The van der Waals surface area contributed by atoms with E-state index in [0.29, 0.717) is 22.4 Å². The molecule has 0 aliphatic rings. The Kier molecular flexibility index (Phi) is 5.17. The van der Waals surface area contributed by atoms with Crippen molar-refractivity contribution in [2.24, 2.45) is 0 Å². The molecule has 0 fully saturated rings. The van der Waals surface area contributed by atoms with Gasteiger partial charge >= 0.3 is 0 Å². The molecule has 1 unspecified atom stereocenters. The molecule has 6 heteroatoms. The number of rotatable bonds is 5. The minimum atomic E-state index is 0.353. The van der Waals surface area contributed by atoms with Crippen molar-refractivity contribution in [2.75, 3.05) is 23.1 Å². The van der Waals surface area contributed by atoms with Crippen LogP contribution in [-0.4, -0.2) is 28.0 Å². The third kappa shape index (κ3) is 4.70. The fraction of sp³-hybridized carbons (Fsp3) is 0.556. The molecule has 1 heterocycles. The van der Waals surface area contributed by atoms with Gasteiger partial charge in [-0.3, -0.25) is 0 Å². The van der Waals surface area contributed by atoms with Crippen molar-refractivity contribution in [3.05, 3.63) is 10.7 Å². The van der Waals surface area contributed by atoms with Crippen LogP contribution in [0.1, 0.15) is 13.3 Å². The SMILES string of the molecule is CSCCC(C)Nc1nc(N)cc(Br)n1. The third-order valence-corrected chi connectivity index (χ3v) is 2.90. The Hall–Kier alpha value is -0.490. The normalized spacial score (nSPS) is 12.5. The monoisotopic (exact) mass is 290 g/mol. The van der Waals surface area contributed by atoms with Crippen molar-refractivity contribution in [2.45, 2.75) is 19.4 Å². The van der Waals surface area contributed by atoms with E-state index in [-0.39, 0.29) is 0 Å². The lowest BCUT2D eigenvalue weighted by atomic mass is 10.3. The second-order valence-electron chi connectivity index (χ2n) is 3.27. The number of nitrogens with one attached hydrogen (secondary N) is 1. The van der Waals surface area contributed by atoms with Gasteiger partial charge in [0, 0.05) is 12.1 Å². The van der Waals surface area contributed by atoms with Gasteiger partial charge in [0.25, 0.3) is 0 Å². The molecule has 0 bridgehead atoms. The van der Waals surface area contributed by atoms with Crippen molar-refractivity contribution in [3.63, 3.8) is 0 Å². The van der Waals surface area contributed by atoms with Crippen molar-refractivity contribution < 1.29 is 0 Å². The topological polar surface area (TPSA) is 63.8 Å². The van der Waals surface area contributed by atoms with Crippen LogP contribution in [-0.2, 0) is 0 Å². The van der Waals surface area contributed by atoms with Gasteiger partial charge in [0.15, 0.2) is 0 Å². The van der Waals surface area contributed by atoms with Gasteiger partial charge in [-0.1, -0.05) is 0 Å². The summed E-state index contributed by atoms with van der Waals surface area (Å²) in [5.74, 6) is 2.17. The van der Waals surface area contributed by atoms with Crippen LogP contribution in [0.15, 0.2) is 10.7 Å². The van der Waals surface area contributed by atoms with Crippen molar-refractivity contribution in [3.8, 4) is 0 Å². The van der Waals surface area contributed by atoms with Gasteiger partial charge in [-0.15, -0.1) is 0 Å².